The molecule has 0 unspecified atom stereocenters. The minimum absolute atomic E-state index is 0.285. The van der Waals surface area contributed by atoms with E-state index in [0.717, 1.165) is 0 Å². The largest absolute Gasteiger partial charge is 0.389 e. The summed E-state index contributed by atoms with van der Waals surface area (Å²) in [4.78, 5) is 1.62. The first-order valence-corrected chi connectivity index (χ1v) is 5.62. The Kier molecular flexibility index (Phi) is 4.11. The predicted octanol–water partition coefficient (Wildman–Crippen LogP) is 2.09. The third-order valence-electron chi connectivity index (χ3n) is 2.47. The van der Waals surface area contributed by atoms with E-state index in [2.05, 4.69) is 0 Å². The number of hydrogen-bond donors (Lipinski definition) is 2. The highest BCUT2D eigenvalue weighted by Gasteiger charge is 2.21. The molecule has 17 heavy (non-hydrogen) atoms. The summed E-state index contributed by atoms with van der Waals surface area (Å²) in [6.07, 6.45) is -0.745. The van der Waals surface area contributed by atoms with Gasteiger partial charge in [0.05, 0.1) is 17.4 Å². The monoisotopic (exact) mass is 241 g/mol. The summed E-state index contributed by atoms with van der Waals surface area (Å²) in [6.45, 7) is 5.20. The van der Waals surface area contributed by atoms with E-state index in [9.17, 15) is 14.6 Å². The number of halogens is 1. The van der Waals surface area contributed by atoms with Crippen LogP contribution in [0.15, 0.2) is 18.2 Å². The van der Waals surface area contributed by atoms with E-state index in [1.54, 1.807) is 44.9 Å². The first kappa shape index (κ1) is 13.9. The van der Waals surface area contributed by atoms with E-state index in [1.807, 2.05) is 0 Å². The Balaban J connectivity index is 3.11. The van der Waals surface area contributed by atoms with Crippen LogP contribution in [0.5, 0.6) is 0 Å². The second-order valence-electron chi connectivity index (χ2n) is 5.02. The maximum absolute atomic E-state index is 13.8. The molecule has 2 N–H and O–H groups in total. The van der Waals surface area contributed by atoms with E-state index in [1.165, 1.54) is 6.07 Å². The standard InChI is InChI=1S/C13H20FNO2/c1-9(16)10-6-5-7-11(14)12(10)15(4)8-13(2,3)17/h5-7,9,16-17H,8H2,1-4H3/t9-/m0/s1. The Bertz CT molecular complexity index is 385. The van der Waals surface area contributed by atoms with Crippen LogP contribution in [0.4, 0.5) is 10.1 Å². The summed E-state index contributed by atoms with van der Waals surface area (Å²) >= 11 is 0. The molecule has 1 rings (SSSR count). The van der Waals surface area contributed by atoms with Gasteiger partial charge in [0.1, 0.15) is 5.82 Å². The van der Waals surface area contributed by atoms with Crippen LogP contribution in [-0.4, -0.2) is 29.4 Å². The molecular weight excluding hydrogens is 221 g/mol. The lowest BCUT2D eigenvalue weighted by Crippen LogP contribution is -2.37. The third kappa shape index (κ3) is 3.68. The minimum atomic E-state index is -0.924. The number of likely N-dealkylation sites (N-methyl/N-ethyl adjacent to an activating group) is 1. The van der Waals surface area contributed by atoms with Crippen molar-refractivity contribution in [1.82, 2.24) is 0 Å². The van der Waals surface area contributed by atoms with Crippen LogP contribution in [0.2, 0.25) is 0 Å². The highest BCUT2D eigenvalue weighted by atomic mass is 19.1. The molecule has 0 radical (unpaired) electrons. The van der Waals surface area contributed by atoms with Crippen molar-refractivity contribution in [2.75, 3.05) is 18.5 Å². The van der Waals surface area contributed by atoms with Gasteiger partial charge in [-0.1, -0.05) is 12.1 Å². The molecule has 4 heteroatoms. The molecule has 1 aromatic rings. The average molecular weight is 241 g/mol. The molecule has 0 bridgehead atoms. The summed E-state index contributed by atoms with van der Waals surface area (Å²) < 4.78 is 13.8. The van der Waals surface area contributed by atoms with E-state index in [0.29, 0.717) is 11.3 Å². The lowest BCUT2D eigenvalue weighted by Gasteiger charge is -2.29. The average Bonchev–Trinajstić information content (AvgIpc) is 2.13. The SMILES string of the molecule is C[C@H](O)c1cccc(F)c1N(C)CC(C)(C)O. The molecule has 0 aliphatic heterocycles. The molecule has 96 valence electrons. The van der Waals surface area contributed by atoms with Crippen LogP contribution in [0.25, 0.3) is 0 Å². The number of anilines is 1. The Labute approximate surface area is 101 Å². The molecule has 1 aromatic carbocycles. The maximum Gasteiger partial charge on any atom is 0.146 e. The third-order valence-corrected chi connectivity index (χ3v) is 2.47. The van der Waals surface area contributed by atoms with Crippen LogP contribution in [0, 0.1) is 5.82 Å². The number of rotatable bonds is 4. The highest BCUT2D eigenvalue weighted by molar-refractivity contribution is 5.55. The molecule has 0 fully saturated rings. The number of para-hydroxylation sites is 1. The van der Waals surface area contributed by atoms with Crippen molar-refractivity contribution in [3.8, 4) is 0 Å². The maximum atomic E-state index is 13.8. The van der Waals surface area contributed by atoms with Crippen LogP contribution in [-0.2, 0) is 0 Å². The Hall–Kier alpha value is -1.13. The zero-order chi connectivity index (χ0) is 13.2. The number of hydrogen-bond acceptors (Lipinski definition) is 3. The normalized spacial score (nSPS) is 13.6. The number of benzene rings is 1. The first-order valence-electron chi connectivity index (χ1n) is 5.62. The van der Waals surface area contributed by atoms with E-state index < -0.39 is 17.5 Å². The van der Waals surface area contributed by atoms with Crippen molar-refractivity contribution in [3.63, 3.8) is 0 Å². The summed E-state index contributed by atoms with van der Waals surface area (Å²) in [7, 11) is 1.70. The Morgan fingerprint density at radius 2 is 2.00 bits per heavy atom. The first-order chi connectivity index (χ1) is 7.72. The predicted molar refractivity (Wildman–Crippen MR) is 66.6 cm³/mol. The fourth-order valence-corrected chi connectivity index (χ4v) is 1.93. The van der Waals surface area contributed by atoms with Crippen molar-refractivity contribution >= 4 is 5.69 Å². The summed E-state index contributed by atoms with van der Waals surface area (Å²) in [5.74, 6) is -0.393. The molecule has 1 atom stereocenters. The van der Waals surface area contributed by atoms with Gasteiger partial charge >= 0.3 is 0 Å². The zero-order valence-electron chi connectivity index (χ0n) is 10.7. The van der Waals surface area contributed by atoms with Crippen molar-refractivity contribution in [1.29, 1.82) is 0 Å². The van der Waals surface area contributed by atoms with Crippen molar-refractivity contribution < 1.29 is 14.6 Å². The molecule has 0 aliphatic rings. The van der Waals surface area contributed by atoms with Gasteiger partial charge < -0.3 is 15.1 Å². The minimum Gasteiger partial charge on any atom is -0.389 e. The molecule has 0 aliphatic carbocycles. The van der Waals surface area contributed by atoms with Gasteiger partial charge in [-0.05, 0) is 26.8 Å². The van der Waals surface area contributed by atoms with Crippen molar-refractivity contribution in [2.24, 2.45) is 0 Å². The van der Waals surface area contributed by atoms with Gasteiger partial charge in [-0.3, -0.25) is 0 Å². The fourth-order valence-electron chi connectivity index (χ4n) is 1.93. The summed E-state index contributed by atoms with van der Waals surface area (Å²) in [5, 5.41) is 19.4. The fraction of sp³-hybridized carbons (Fsp3) is 0.538. The van der Waals surface area contributed by atoms with Gasteiger partial charge in [-0.25, -0.2) is 4.39 Å². The topological polar surface area (TPSA) is 43.7 Å². The molecule has 0 heterocycles. The van der Waals surface area contributed by atoms with Gasteiger partial charge in [0.2, 0.25) is 0 Å². The Morgan fingerprint density at radius 1 is 1.41 bits per heavy atom. The van der Waals surface area contributed by atoms with Crippen LogP contribution in [0.3, 0.4) is 0 Å². The smallest absolute Gasteiger partial charge is 0.146 e. The van der Waals surface area contributed by atoms with Crippen LogP contribution >= 0.6 is 0 Å². The molecule has 0 saturated heterocycles. The lowest BCUT2D eigenvalue weighted by atomic mass is 10.0. The highest BCUT2D eigenvalue weighted by Crippen LogP contribution is 2.29. The second kappa shape index (κ2) is 5.02. The summed E-state index contributed by atoms with van der Waals surface area (Å²) in [6, 6.07) is 4.60. The van der Waals surface area contributed by atoms with Crippen LogP contribution < -0.4 is 4.90 Å². The van der Waals surface area contributed by atoms with Gasteiger partial charge in [0.15, 0.2) is 0 Å². The number of aliphatic hydroxyl groups is 2. The Morgan fingerprint density at radius 3 is 2.47 bits per heavy atom. The van der Waals surface area contributed by atoms with E-state index >= 15 is 0 Å². The van der Waals surface area contributed by atoms with Crippen molar-refractivity contribution in [3.05, 3.63) is 29.6 Å². The second-order valence-corrected chi connectivity index (χ2v) is 5.02. The number of nitrogens with zero attached hydrogens (tertiary/aromatic N) is 1. The quantitative estimate of drug-likeness (QED) is 0.848. The molecular formula is C13H20FNO2. The van der Waals surface area contributed by atoms with Crippen LogP contribution in [0.1, 0.15) is 32.4 Å². The van der Waals surface area contributed by atoms with E-state index in [4.69, 9.17) is 0 Å². The van der Waals surface area contributed by atoms with Gasteiger partial charge in [-0.15, -0.1) is 0 Å². The van der Waals surface area contributed by atoms with Crippen molar-refractivity contribution in [2.45, 2.75) is 32.5 Å². The zero-order valence-corrected chi connectivity index (χ0v) is 10.7. The van der Waals surface area contributed by atoms with Gasteiger partial charge in [0.25, 0.3) is 0 Å². The summed E-state index contributed by atoms with van der Waals surface area (Å²) in [5.41, 5.74) is -0.0612. The van der Waals surface area contributed by atoms with E-state index in [-0.39, 0.29) is 6.54 Å². The molecule has 0 spiro atoms. The molecule has 0 amide bonds. The molecule has 0 saturated carbocycles. The molecule has 3 nitrogen and oxygen atoms in total. The molecule has 0 aromatic heterocycles. The van der Waals surface area contributed by atoms with Gasteiger partial charge in [-0.2, -0.15) is 0 Å². The lowest BCUT2D eigenvalue weighted by molar-refractivity contribution is 0.0883. The number of aliphatic hydroxyl groups excluding tert-OH is 1. The van der Waals surface area contributed by atoms with Gasteiger partial charge in [0, 0.05) is 19.2 Å².